The summed E-state index contributed by atoms with van der Waals surface area (Å²) < 4.78 is 0. The average Bonchev–Trinajstić information content (AvgIpc) is 2.29. The Kier molecular flexibility index (Phi) is 5.92. The van der Waals surface area contributed by atoms with Crippen molar-refractivity contribution in [2.24, 2.45) is 5.73 Å². The molecule has 0 aromatic carbocycles. The lowest BCUT2D eigenvalue weighted by Gasteiger charge is -2.37. The third kappa shape index (κ3) is 4.64. The second kappa shape index (κ2) is 6.97. The van der Waals surface area contributed by atoms with Gasteiger partial charge in [0, 0.05) is 18.1 Å². The highest BCUT2D eigenvalue weighted by Gasteiger charge is 2.26. The molecule has 3 unspecified atom stereocenters. The maximum absolute atomic E-state index is 11.9. The molecule has 0 aliphatic carbocycles. The molecule has 3 atom stereocenters. The Morgan fingerprint density at radius 3 is 2.76 bits per heavy atom. The number of carbonyl (C=O) groups is 1. The van der Waals surface area contributed by atoms with E-state index in [0.29, 0.717) is 12.6 Å². The number of nitrogens with one attached hydrogen (secondary N) is 1. The zero-order valence-corrected chi connectivity index (χ0v) is 11.4. The van der Waals surface area contributed by atoms with Crippen molar-refractivity contribution in [1.29, 1.82) is 0 Å². The van der Waals surface area contributed by atoms with Gasteiger partial charge in [0.1, 0.15) is 0 Å². The van der Waals surface area contributed by atoms with Crippen LogP contribution >= 0.6 is 0 Å². The van der Waals surface area contributed by atoms with Crippen molar-refractivity contribution >= 4 is 5.91 Å². The van der Waals surface area contributed by atoms with Crippen LogP contribution in [0.3, 0.4) is 0 Å². The van der Waals surface area contributed by atoms with E-state index in [2.05, 4.69) is 17.1 Å². The molecule has 4 nitrogen and oxygen atoms in total. The molecule has 1 aliphatic heterocycles. The second-order valence-corrected chi connectivity index (χ2v) is 5.27. The van der Waals surface area contributed by atoms with Gasteiger partial charge in [0.15, 0.2) is 0 Å². The SMILES string of the molecule is CCC(C)NC(=O)CN1CCCCC1C(C)N. The van der Waals surface area contributed by atoms with Crippen LogP contribution in [0.1, 0.15) is 46.5 Å². The van der Waals surface area contributed by atoms with Crippen LogP contribution in [0.5, 0.6) is 0 Å². The summed E-state index contributed by atoms with van der Waals surface area (Å²) in [6.45, 7) is 7.65. The van der Waals surface area contributed by atoms with Gasteiger partial charge in [-0.05, 0) is 39.7 Å². The molecule has 0 spiro atoms. The molecule has 100 valence electrons. The first-order valence-corrected chi connectivity index (χ1v) is 6.83. The first kappa shape index (κ1) is 14.5. The number of amides is 1. The van der Waals surface area contributed by atoms with E-state index >= 15 is 0 Å². The number of likely N-dealkylation sites (tertiary alicyclic amines) is 1. The van der Waals surface area contributed by atoms with Crippen LogP contribution in [-0.4, -0.2) is 42.0 Å². The van der Waals surface area contributed by atoms with Gasteiger partial charge in [-0.25, -0.2) is 0 Å². The lowest BCUT2D eigenvalue weighted by Crippen LogP contribution is -2.52. The Labute approximate surface area is 105 Å². The van der Waals surface area contributed by atoms with Gasteiger partial charge in [-0.3, -0.25) is 9.69 Å². The molecule has 1 saturated heterocycles. The number of rotatable bonds is 5. The highest BCUT2D eigenvalue weighted by atomic mass is 16.2. The lowest BCUT2D eigenvalue weighted by atomic mass is 9.97. The summed E-state index contributed by atoms with van der Waals surface area (Å²) in [5.74, 6) is 0.131. The molecule has 0 aromatic rings. The summed E-state index contributed by atoms with van der Waals surface area (Å²) in [6, 6.07) is 0.777. The van der Waals surface area contributed by atoms with E-state index < -0.39 is 0 Å². The Hall–Kier alpha value is -0.610. The van der Waals surface area contributed by atoms with Crippen LogP contribution in [0.2, 0.25) is 0 Å². The van der Waals surface area contributed by atoms with Crippen molar-refractivity contribution in [1.82, 2.24) is 10.2 Å². The normalized spacial score (nSPS) is 25.3. The van der Waals surface area contributed by atoms with Crippen LogP contribution in [-0.2, 0) is 4.79 Å². The van der Waals surface area contributed by atoms with Crippen molar-refractivity contribution in [2.75, 3.05) is 13.1 Å². The number of hydrogen-bond acceptors (Lipinski definition) is 3. The van der Waals surface area contributed by atoms with E-state index in [1.54, 1.807) is 0 Å². The summed E-state index contributed by atoms with van der Waals surface area (Å²) in [4.78, 5) is 14.1. The fourth-order valence-electron chi connectivity index (χ4n) is 2.42. The molecule has 0 bridgehead atoms. The summed E-state index contributed by atoms with van der Waals surface area (Å²) in [5.41, 5.74) is 5.99. The third-order valence-electron chi connectivity index (χ3n) is 3.64. The van der Waals surface area contributed by atoms with Gasteiger partial charge in [0.05, 0.1) is 6.54 Å². The van der Waals surface area contributed by atoms with E-state index in [4.69, 9.17) is 5.73 Å². The number of nitrogens with zero attached hydrogens (tertiary/aromatic N) is 1. The molecule has 4 heteroatoms. The van der Waals surface area contributed by atoms with Gasteiger partial charge in [0.2, 0.25) is 5.91 Å². The number of carbonyl (C=O) groups excluding carboxylic acids is 1. The molecule has 1 rings (SSSR count). The van der Waals surface area contributed by atoms with Gasteiger partial charge in [0.25, 0.3) is 0 Å². The predicted octanol–water partition coefficient (Wildman–Crippen LogP) is 1.10. The molecule has 1 aliphatic rings. The molecule has 1 fully saturated rings. The fourth-order valence-corrected chi connectivity index (χ4v) is 2.42. The molecule has 17 heavy (non-hydrogen) atoms. The van der Waals surface area contributed by atoms with Crippen molar-refractivity contribution in [3.63, 3.8) is 0 Å². The first-order chi connectivity index (χ1) is 8.04. The minimum Gasteiger partial charge on any atom is -0.353 e. The van der Waals surface area contributed by atoms with Crippen LogP contribution in [0.4, 0.5) is 0 Å². The Morgan fingerprint density at radius 2 is 2.18 bits per heavy atom. The molecular formula is C13H27N3O. The Morgan fingerprint density at radius 1 is 1.47 bits per heavy atom. The Bertz CT molecular complexity index is 243. The zero-order valence-electron chi connectivity index (χ0n) is 11.4. The van der Waals surface area contributed by atoms with E-state index in [0.717, 1.165) is 19.4 Å². The highest BCUT2D eigenvalue weighted by molar-refractivity contribution is 5.78. The van der Waals surface area contributed by atoms with Crippen molar-refractivity contribution < 1.29 is 4.79 Å². The zero-order chi connectivity index (χ0) is 12.8. The molecule has 0 aromatic heterocycles. The molecule has 1 heterocycles. The second-order valence-electron chi connectivity index (χ2n) is 5.27. The fraction of sp³-hybridized carbons (Fsp3) is 0.923. The number of hydrogen-bond donors (Lipinski definition) is 2. The van der Waals surface area contributed by atoms with Crippen molar-refractivity contribution in [3.05, 3.63) is 0 Å². The quantitative estimate of drug-likeness (QED) is 0.758. The molecule has 3 N–H and O–H groups in total. The Balaban J connectivity index is 2.44. The molecule has 0 saturated carbocycles. The molecule has 1 amide bonds. The lowest BCUT2D eigenvalue weighted by molar-refractivity contribution is -0.123. The maximum Gasteiger partial charge on any atom is 0.234 e. The van der Waals surface area contributed by atoms with Crippen molar-refractivity contribution in [2.45, 2.75) is 64.6 Å². The summed E-state index contributed by atoms with van der Waals surface area (Å²) in [6.07, 6.45) is 4.51. The first-order valence-electron chi connectivity index (χ1n) is 6.83. The van der Waals surface area contributed by atoms with Gasteiger partial charge >= 0.3 is 0 Å². The van der Waals surface area contributed by atoms with Crippen molar-refractivity contribution in [3.8, 4) is 0 Å². The summed E-state index contributed by atoms with van der Waals surface area (Å²) in [7, 11) is 0. The van der Waals surface area contributed by atoms with Gasteiger partial charge in [-0.2, -0.15) is 0 Å². The standard InChI is InChI=1S/C13H27N3O/c1-4-10(2)15-13(17)9-16-8-6-5-7-12(16)11(3)14/h10-12H,4-9,14H2,1-3H3,(H,15,17). The predicted molar refractivity (Wildman–Crippen MR) is 70.8 cm³/mol. The number of nitrogens with two attached hydrogens (primary N) is 1. The van der Waals surface area contributed by atoms with Crippen LogP contribution in [0.25, 0.3) is 0 Å². The van der Waals surface area contributed by atoms with Crippen LogP contribution in [0.15, 0.2) is 0 Å². The molecular weight excluding hydrogens is 214 g/mol. The topological polar surface area (TPSA) is 58.4 Å². The van der Waals surface area contributed by atoms with E-state index in [-0.39, 0.29) is 18.0 Å². The van der Waals surface area contributed by atoms with E-state index in [9.17, 15) is 4.79 Å². The minimum absolute atomic E-state index is 0.131. The third-order valence-corrected chi connectivity index (χ3v) is 3.64. The summed E-state index contributed by atoms with van der Waals surface area (Å²) >= 11 is 0. The largest absolute Gasteiger partial charge is 0.353 e. The maximum atomic E-state index is 11.9. The van der Waals surface area contributed by atoms with E-state index in [1.807, 2.05) is 13.8 Å². The van der Waals surface area contributed by atoms with Gasteiger partial charge < -0.3 is 11.1 Å². The molecule has 0 radical (unpaired) electrons. The summed E-state index contributed by atoms with van der Waals surface area (Å²) in [5, 5.41) is 3.01. The smallest absolute Gasteiger partial charge is 0.234 e. The van der Waals surface area contributed by atoms with Gasteiger partial charge in [-0.1, -0.05) is 13.3 Å². The van der Waals surface area contributed by atoms with E-state index in [1.165, 1.54) is 12.8 Å². The highest BCUT2D eigenvalue weighted by Crippen LogP contribution is 2.18. The van der Waals surface area contributed by atoms with Crippen LogP contribution < -0.4 is 11.1 Å². The van der Waals surface area contributed by atoms with Gasteiger partial charge in [-0.15, -0.1) is 0 Å². The number of piperidine rings is 1. The monoisotopic (exact) mass is 241 g/mol. The van der Waals surface area contributed by atoms with Crippen LogP contribution in [0, 0.1) is 0 Å². The minimum atomic E-state index is 0.131. The average molecular weight is 241 g/mol.